The first-order valence-electron chi connectivity index (χ1n) is 11.9. The van der Waals surface area contributed by atoms with Gasteiger partial charge in [-0.15, -0.1) is 0 Å². The number of nitrogens with one attached hydrogen (secondary N) is 2. The minimum Gasteiger partial charge on any atom is -0.493 e. The molecule has 9 heteroatoms. The largest absolute Gasteiger partial charge is 0.493 e. The van der Waals surface area contributed by atoms with Crippen LogP contribution >= 0.6 is 12.2 Å². The molecular weight excluding hydrogens is 488 g/mol. The maximum absolute atomic E-state index is 12.8. The number of benzene rings is 3. The molecule has 192 valence electrons. The Morgan fingerprint density at radius 1 is 0.811 bits per heavy atom. The fourth-order valence-corrected chi connectivity index (χ4v) is 4.33. The molecule has 0 atom stereocenters. The first-order valence-corrected chi connectivity index (χ1v) is 12.3. The second-order valence-electron chi connectivity index (χ2n) is 8.67. The van der Waals surface area contributed by atoms with Gasteiger partial charge in [-0.25, -0.2) is 0 Å². The summed E-state index contributed by atoms with van der Waals surface area (Å²) >= 11 is 5.32. The molecular formula is C28H30N4O4S. The van der Waals surface area contributed by atoms with Crippen LogP contribution in [0.3, 0.4) is 0 Å². The first-order chi connectivity index (χ1) is 17.9. The van der Waals surface area contributed by atoms with Gasteiger partial charge < -0.3 is 24.6 Å². The summed E-state index contributed by atoms with van der Waals surface area (Å²) in [5, 5.41) is 5.91. The third-order valence-corrected chi connectivity index (χ3v) is 6.43. The molecule has 37 heavy (non-hydrogen) atoms. The van der Waals surface area contributed by atoms with Gasteiger partial charge in [0.05, 0.1) is 14.2 Å². The number of methoxy groups -OCH3 is 2. The van der Waals surface area contributed by atoms with Crippen molar-refractivity contribution in [2.45, 2.75) is 6.92 Å². The quantitative estimate of drug-likeness (QED) is 0.476. The normalized spacial score (nSPS) is 13.1. The Balaban J connectivity index is 1.28. The molecule has 2 N–H and O–H groups in total. The molecule has 3 aromatic carbocycles. The SMILES string of the molecule is COc1ccc(C(=O)NC(=S)Nc2ccc(N3CCN(C(=O)c4ccc(C)cc4)CC3)cc2)cc1OC. The van der Waals surface area contributed by atoms with Crippen molar-refractivity contribution in [3.8, 4) is 11.5 Å². The van der Waals surface area contributed by atoms with E-state index in [1.807, 2.05) is 60.4 Å². The lowest BCUT2D eigenvalue weighted by atomic mass is 10.1. The molecule has 2 amide bonds. The number of anilines is 2. The second-order valence-corrected chi connectivity index (χ2v) is 9.08. The zero-order valence-corrected chi connectivity index (χ0v) is 21.9. The summed E-state index contributed by atoms with van der Waals surface area (Å²) in [5.74, 6) is 0.722. The molecule has 1 saturated heterocycles. The van der Waals surface area contributed by atoms with Gasteiger partial charge in [0.25, 0.3) is 11.8 Å². The van der Waals surface area contributed by atoms with E-state index in [0.29, 0.717) is 30.2 Å². The topological polar surface area (TPSA) is 83.1 Å². The molecule has 1 aliphatic heterocycles. The lowest BCUT2D eigenvalue weighted by molar-refractivity contribution is 0.0746. The number of amides is 2. The number of piperazine rings is 1. The molecule has 1 aliphatic rings. The predicted octanol–water partition coefficient (Wildman–Crippen LogP) is 4.10. The molecule has 0 unspecified atom stereocenters. The van der Waals surface area contributed by atoms with Crippen molar-refractivity contribution in [3.63, 3.8) is 0 Å². The van der Waals surface area contributed by atoms with E-state index in [9.17, 15) is 9.59 Å². The van der Waals surface area contributed by atoms with E-state index in [1.54, 1.807) is 18.2 Å². The lowest BCUT2D eigenvalue weighted by Gasteiger charge is -2.36. The summed E-state index contributed by atoms with van der Waals surface area (Å²) in [7, 11) is 3.05. The van der Waals surface area contributed by atoms with Gasteiger partial charge in [0.15, 0.2) is 16.6 Å². The third kappa shape index (κ3) is 6.37. The molecule has 4 rings (SSSR count). The van der Waals surface area contributed by atoms with Crippen LogP contribution < -0.4 is 25.0 Å². The van der Waals surface area contributed by atoms with Crippen molar-refractivity contribution < 1.29 is 19.1 Å². The Morgan fingerprint density at radius 2 is 1.43 bits per heavy atom. The van der Waals surface area contributed by atoms with Gasteiger partial charge in [-0.2, -0.15) is 0 Å². The molecule has 0 bridgehead atoms. The maximum Gasteiger partial charge on any atom is 0.257 e. The van der Waals surface area contributed by atoms with Crippen LogP contribution in [0, 0.1) is 6.92 Å². The Bertz CT molecular complexity index is 1270. The molecule has 0 spiro atoms. The fraction of sp³-hybridized carbons (Fsp3) is 0.250. The van der Waals surface area contributed by atoms with Crippen molar-refractivity contribution >= 4 is 40.5 Å². The summed E-state index contributed by atoms with van der Waals surface area (Å²) in [6.07, 6.45) is 0. The molecule has 0 saturated carbocycles. The number of hydrogen-bond donors (Lipinski definition) is 2. The highest BCUT2D eigenvalue weighted by Crippen LogP contribution is 2.27. The minimum absolute atomic E-state index is 0.0721. The van der Waals surface area contributed by atoms with Gasteiger partial charge in [0.1, 0.15) is 0 Å². The fourth-order valence-electron chi connectivity index (χ4n) is 4.12. The van der Waals surface area contributed by atoms with Gasteiger partial charge in [-0.3, -0.25) is 14.9 Å². The number of hydrogen-bond acceptors (Lipinski definition) is 6. The average Bonchev–Trinajstić information content (AvgIpc) is 2.93. The van der Waals surface area contributed by atoms with Gasteiger partial charge in [-0.1, -0.05) is 17.7 Å². The van der Waals surface area contributed by atoms with E-state index in [0.717, 1.165) is 35.6 Å². The van der Waals surface area contributed by atoms with Crippen molar-refractivity contribution in [2.24, 2.45) is 0 Å². The predicted molar refractivity (Wildman–Crippen MR) is 149 cm³/mol. The maximum atomic E-state index is 12.8. The lowest BCUT2D eigenvalue weighted by Crippen LogP contribution is -2.48. The van der Waals surface area contributed by atoms with Crippen LogP contribution in [0.25, 0.3) is 0 Å². The number of aryl methyl sites for hydroxylation is 1. The minimum atomic E-state index is -0.354. The van der Waals surface area contributed by atoms with Gasteiger partial charge in [0.2, 0.25) is 0 Å². The van der Waals surface area contributed by atoms with Gasteiger partial charge in [-0.05, 0) is 73.7 Å². The highest BCUT2D eigenvalue weighted by molar-refractivity contribution is 7.80. The van der Waals surface area contributed by atoms with E-state index >= 15 is 0 Å². The Labute approximate surface area is 222 Å². The monoisotopic (exact) mass is 518 g/mol. The zero-order valence-electron chi connectivity index (χ0n) is 21.1. The van der Waals surface area contributed by atoms with E-state index in [4.69, 9.17) is 21.7 Å². The summed E-state index contributed by atoms with van der Waals surface area (Å²) < 4.78 is 10.5. The number of rotatable bonds is 6. The molecule has 1 heterocycles. The van der Waals surface area contributed by atoms with Crippen LogP contribution in [-0.4, -0.2) is 62.2 Å². The van der Waals surface area contributed by atoms with E-state index < -0.39 is 0 Å². The van der Waals surface area contributed by atoms with Gasteiger partial charge >= 0.3 is 0 Å². The first kappa shape index (κ1) is 26.0. The van der Waals surface area contributed by atoms with Crippen molar-refractivity contribution in [2.75, 3.05) is 50.6 Å². The molecule has 0 radical (unpaired) electrons. The Hall–Kier alpha value is -4.11. The smallest absolute Gasteiger partial charge is 0.257 e. The zero-order chi connectivity index (χ0) is 26.4. The van der Waals surface area contributed by atoms with Crippen molar-refractivity contribution in [1.82, 2.24) is 10.2 Å². The van der Waals surface area contributed by atoms with Crippen LogP contribution in [0.15, 0.2) is 66.7 Å². The standard InChI is InChI=1S/C28H30N4O4S/c1-19-4-6-20(7-5-19)27(34)32-16-14-31(15-17-32)23-11-9-22(10-12-23)29-28(37)30-26(33)21-8-13-24(35-2)25(18-21)36-3/h4-13,18H,14-17H2,1-3H3,(H2,29,30,33,37). The van der Waals surface area contributed by atoms with Crippen LogP contribution in [0.4, 0.5) is 11.4 Å². The van der Waals surface area contributed by atoms with Crippen molar-refractivity contribution in [1.29, 1.82) is 0 Å². The number of carbonyl (C=O) groups excluding carboxylic acids is 2. The third-order valence-electron chi connectivity index (χ3n) is 6.23. The van der Waals surface area contributed by atoms with Crippen LogP contribution in [0.5, 0.6) is 11.5 Å². The number of nitrogens with zero attached hydrogens (tertiary/aromatic N) is 2. The number of carbonyl (C=O) groups is 2. The average molecular weight is 519 g/mol. The summed E-state index contributed by atoms with van der Waals surface area (Å²) in [6.45, 7) is 4.85. The van der Waals surface area contributed by atoms with Crippen molar-refractivity contribution in [3.05, 3.63) is 83.4 Å². The van der Waals surface area contributed by atoms with Crippen LogP contribution in [0.1, 0.15) is 26.3 Å². The van der Waals surface area contributed by atoms with Gasteiger partial charge in [0, 0.05) is 48.7 Å². The number of ether oxygens (including phenoxy) is 2. The van der Waals surface area contributed by atoms with E-state index in [1.165, 1.54) is 14.2 Å². The Morgan fingerprint density at radius 3 is 2.05 bits per heavy atom. The highest BCUT2D eigenvalue weighted by atomic mass is 32.1. The summed E-state index contributed by atoms with van der Waals surface area (Å²) in [6, 6.07) is 20.4. The Kier molecular flexibility index (Phi) is 8.25. The summed E-state index contributed by atoms with van der Waals surface area (Å²) in [5.41, 5.74) is 4.09. The molecule has 8 nitrogen and oxygen atoms in total. The van der Waals surface area contributed by atoms with E-state index in [-0.39, 0.29) is 16.9 Å². The van der Waals surface area contributed by atoms with E-state index in [2.05, 4.69) is 15.5 Å². The summed E-state index contributed by atoms with van der Waals surface area (Å²) in [4.78, 5) is 29.5. The molecule has 1 fully saturated rings. The molecule has 0 aliphatic carbocycles. The van der Waals surface area contributed by atoms with Crippen LogP contribution in [-0.2, 0) is 0 Å². The highest BCUT2D eigenvalue weighted by Gasteiger charge is 2.22. The molecule has 0 aromatic heterocycles. The van der Waals surface area contributed by atoms with Crippen LogP contribution in [0.2, 0.25) is 0 Å². The molecule has 3 aromatic rings. The second kappa shape index (κ2) is 11.7. The number of thiocarbonyl (C=S) groups is 1.